The molecule has 1 saturated heterocycles. The molecule has 0 unspecified atom stereocenters. The average molecular weight is 352 g/mol. The summed E-state index contributed by atoms with van der Waals surface area (Å²) >= 11 is 0. The summed E-state index contributed by atoms with van der Waals surface area (Å²) in [7, 11) is 0. The van der Waals surface area contributed by atoms with Crippen LogP contribution in [0.4, 0.5) is 11.4 Å². The number of carbonyl (C=O) groups is 2. The number of nitrogens with two attached hydrogens (primary N) is 1. The van der Waals surface area contributed by atoms with Crippen molar-refractivity contribution in [2.75, 3.05) is 23.3 Å². The van der Waals surface area contributed by atoms with Crippen molar-refractivity contribution in [2.45, 2.75) is 38.5 Å². The third-order valence-corrected chi connectivity index (χ3v) is 5.05. The second-order valence-electron chi connectivity index (χ2n) is 6.58. The van der Waals surface area contributed by atoms with E-state index in [2.05, 4.69) is 5.32 Å². The molecule has 2 atom stereocenters. The lowest BCUT2D eigenvalue weighted by atomic mass is 9.95. The maximum absolute atomic E-state index is 12.5. The molecule has 1 aliphatic heterocycles. The van der Waals surface area contributed by atoms with Gasteiger partial charge in [0.25, 0.3) is 0 Å². The fourth-order valence-corrected chi connectivity index (χ4v) is 3.73. The molecule has 0 spiro atoms. The van der Waals surface area contributed by atoms with Gasteiger partial charge in [-0.05, 0) is 56.3 Å². The van der Waals surface area contributed by atoms with Gasteiger partial charge in [-0.15, -0.1) is 12.4 Å². The topological polar surface area (TPSA) is 75.4 Å². The fourth-order valence-electron chi connectivity index (χ4n) is 3.73. The molecule has 0 radical (unpaired) electrons. The summed E-state index contributed by atoms with van der Waals surface area (Å²) in [5, 5.41) is 3.01. The zero-order chi connectivity index (χ0) is 16.2. The Morgan fingerprint density at radius 2 is 2.08 bits per heavy atom. The Morgan fingerprint density at radius 3 is 2.83 bits per heavy atom. The normalized spacial score (nSPS) is 23.7. The highest BCUT2D eigenvalue weighted by Crippen LogP contribution is 2.32. The van der Waals surface area contributed by atoms with Crippen molar-refractivity contribution in [3.05, 3.63) is 24.3 Å². The third-order valence-electron chi connectivity index (χ3n) is 5.05. The lowest BCUT2D eigenvalue weighted by Gasteiger charge is -2.27. The molecule has 0 aromatic heterocycles. The number of nitrogens with one attached hydrogen (secondary N) is 1. The van der Waals surface area contributed by atoms with E-state index in [0.717, 1.165) is 50.0 Å². The molecule has 5 nitrogen and oxygen atoms in total. The predicted octanol–water partition coefficient (Wildman–Crippen LogP) is 2.94. The van der Waals surface area contributed by atoms with E-state index in [1.807, 2.05) is 29.2 Å². The Kier molecular flexibility index (Phi) is 6.63. The van der Waals surface area contributed by atoms with Crippen LogP contribution in [0, 0.1) is 11.8 Å². The molecule has 2 amide bonds. The van der Waals surface area contributed by atoms with Crippen LogP contribution < -0.4 is 16.0 Å². The maximum Gasteiger partial charge on any atom is 0.227 e. The Balaban J connectivity index is 0.00000208. The second-order valence-corrected chi connectivity index (χ2v) is 6.58. The summed E-state index contributed by atoms with van der Waals surface area (Å²) < 4.78 is 0. The van der Waals surface area contributed by atoms with Crippen LogP contribution in [-0.2, 0) is 9.59 Å². The number of hydrogen-bond acceptors (Lipinski definition) is 3. The zero-order valence-electron chi connectivity index (χ0n) is 13.9. The Morgan fingerprint density at radius 1 is 1.25 bits per heavy atom. The monoisotopic (exact) mass is 351 g/mol. The summed E-state index contributed by atoms with van der Waals surface area (Å²) in [6.07, 6.45) is 5.63. The van der Waals surface area contributed by atoms with Gasteiger partial charge in [-0.3, -0.25) is 9.59 Å². The van der Waals surface area contributed by atoms with Gasteiger partial charge in [0.2, 0.25) is 11.8 Å². The standard InChI is InChI=1S/C18H25N3O2.ClH/c19-12-13-5-3-8-16(13)18(23)20-14-6-4-7-15(11-14)21-10-2-1-9-17(21)22;/h4,6-7,11,13,16H,1-3,5,8-10,12,19H2,(H,20,23);1H/t13-,16-;/m1./s1. The van der Waals surface area contributed by atoms with Crippen LogP contribution in [0.3, 0.4) is 0 Å². The molecule has 1 aromatic rings. The smallest absolute Gasteiger partial charge is 0.227 e. The number of amides is 2. The van der Waals surface area contributed by atoms with Crippen LogP contribution >= 0.6 is 12.4 Å². The van der Waals surface area contributed by atoms with Gasteiger partial charge in [-0.2, -0.15) is 0 Å². The molecular weight excluding hydrogens is 326 g/mol. The summed E-state index contributed by atoms with van der Waals surface area (Å²) in [6.45, 7) is 1.33. The minimum absolute atomic E-state index is 0. The minimum Gasteiger partial charge on any atom is -0.330 e. The van der Waals surface area contributed by atoms with Crippen LogP contribution in [0.25, 0.3) is 0 Å². The van der Waals surface area contributed by atoms with Gasteiger partial charge in [0.05, 0.1) is 0 Å². The van der Waals surface area contributed by atoms with E-state index in [-0.39, 0.29) is 30.1 Å². The van der Waals surface area contributed by atoms with Gasteiger partial charge in [-0.25, -0.2) is 0 Å². The Labute approximate surface area is 149 Å². The lowest BCUT2D eigenvalue weighted by Crippen LogP contribution is -2.35. The van der Waals surface area contributed by atoms with E-state index in [1.54, 1.807) is 0 Å². The molecule has 3 N–H and O–H groups in total. The summed E-state index contributed by atoms with van der Waals surface area (Å²) in [5.41, 5.74) is 7.40. The Hall–Kier alpha value is -1.59. The number of benzene rings is 1. The highest BCUT2D eigenvalue weighted by atomic mass is 35.5. The Bertz CT molecular complexity index is 593. The van der Waals surface area contributed by atoms with Gasteiger partial charge in [0.1, 0.15) is 0 Å². The molecule has 3 rings (SSSR count). The number of nitrogens with zero attached hydrogens (tertiary/aromatic N) is 1. The van der Waals surface area contributed by atoms with Crippen LogP contribution in [0.1, 0.15) is 38.5 Å². The SMILES string of the molecule is Cl.NC[C@H]1CCC[C@H]1C(=O)Nc1cccc(N2CCCCC2=O)c1. The van der Waals surface area contributed by atoms with E-state index in [4.69, 9.17) is 5.73 Å². The first-order valence-corrected chi connectivity index (χ1v) is 8.60. The second kappa shape index (κ2) is 8.49. The third kappa shape index (κ3) is 4.08. The number of piperidine rings is 1. The number of carbonyl (C=O) groups excluding carboxylic acids is 2. The van der Waals surface area contributed by atoms with Crippen molar-refractivity contribution in [2.24, 2.45) is 17.6 Å². The van der Waals surface area contributed by atoms with E-state index in [0.29, 0.717) is 18.9 Å². The number of hydrogen-bond donors (Lipinski definition) is 2. The molecular formula is C18H26ClN3O2. The predicted molar refractivity (Wildman–Crippen MR) is 98.4 cm³/mol. The molecule has 2 aliphatic rings. The first-order chi connectivity index (χ1) is 11.2. The van der Waals surface area contributed by atoms with Crippen LogP contribution in [-0.4, -0.2) is 24.9 Å². The van der Waals surface area contributed by atoms with Crippen molar-refractivity contribution < 1.29 is 9.59 Å². The van der Waals surface area contributed by atoms with E-state index < -0.39 is 0 Å². The molecule has 1 heterocycles. The summed E-state index contributed by atoms with van der Waals surface area (Å²) in [4.78, 5) is 26.3. The quantitative estimate of drug-likeness (QED) is 0.875. The van der Waals surface area contributed by atoms with Crippen LogP contribution in [0.5, 0.6) is 0 Å². The minimum atomic E-state index is 0. The van der Waals surface area contributed by atoms with Gasteiger partial charge in [0, 0.05) is 30.3 Å². The average Bonchev–Trinajstić information content (AvgIpc) is 3.04. The molecule has 24 heavy (non-hydrogen) atoms. The maximum atomic E-state index is 12.5. The van der Waals surface area contributed by atoms with Gasteiger partial charge in [-0.1, -0.05) is 12.5 Å². The van der Waals surface area contributed by atoms with E-state index in [9.17, 15) is 9.59 Å². The first-order valence-electron chi connectivity index (χ1n) is 8.60. The molecule has 1 aromatic carbocycles. The number of rotatable bonds is 4. The van der Waals surface area contributed by atoms with Gasteiger partial charge in [0.15, 0.2) is 0 Å². The van der Waals surface area contributed by atoms with Gasteiger partial charge >= 0.3 is 0 Å². The molecule has 1 saturated carbocycles. The largest absolute Gasteiger partial charge is 0.330 e. The number of anilines is 2. The van der Waals surface area contributed by atoms with Crippen molar-refractivity contribution in [1.29, 1.82) is 0 Å². The van der Waals surface area contributed by atoms with E-state index in [1.165, 1.54) is 0 Å². The van der Waals surface area contributed by atoms with Crippen molar-refractivity contribution >= 4 is 35.6 Å². The first kappa shape index (κ1) is 18.7. The fraction of sp³-hybridized carbons (Fsp3) is 0.556. The van der Waals surface area contributed by atoms with Gasteiger partial charge < -0.3 is 16.0 Å². The molecule has 2 fully saturated rings. The van der Waals surface area contributed by atoms with Crippen molar-refractivity contribution in [1.82, 2.24) is 0 Å². The molecule has 6 heteroatoms. The zero-order valence-corrected chi connectivity index (χ0v) is 14.7. The van der Waals surface area contributed by atoms with E-state index >= 15 is 0 Å². The highest BCUT2D eigenvalue weighted by Gasteiger charge is 2.32. The van der Waals surface area contributed by atoms with Crippen LogP contribution in [0.15, 0.2) is 24.3 Å². The number of halogens is 1. The summed E-state index contributed by atoms with van der Waals surface area (Å²) in [6, 6.07) is 7.59. The highest BCUT2D eigenvalue weighted by molar-refractivity contribution is 5.96. The lowest BCUT2D eigenvalue weighted by molar-refractivity contribution is -0.121. The summed E-state index contributed by atoms with van der Waals surface area (Å²) in [5.74, 6) is 0.529. The van der Waals surface area contributed by atoms with Crippen molar-refractivity contribution in [3.63, 3.8) is 0 Å². The van der Waals surface area contributed by atoms with Crippen molar-refractivity contribution in [3.8, 4) is 0 Å². The molecule has 1 aliphatic carbocycles. The molecule has 0 bridgehead atoms. The molecule has 132 valence electrons. The van der Waals surface area contributed by atoms with Crippen LogP contribution in [0.2, 0.25) is 0 Å².